The van der Waals surface area contributed by atoms with Gasteiger partial charge in [0.15, 0.2) is 5.58 Å². The molecule has 0 spiro atoms. The van der Waals surface area contributed by atoms with E-state index in [4.69, 9.17) is 10.2 Å². The fourth-order valence-electron chi connectivity index (χ4n) is 2.55. The van der Waals surface area contributed by atoms with Crippen molar-refractivity contribution in [3.8, 4) is 0 Å². The Balaban J connectivity index is 2.02. The van der Waals surface area contributed by atoms with Crippen LogP contribution >= 0.6 is 11.8 Å². The molecule has 96 valence electrons. The third-order valence-electron chi connectivity index (χ3n) is 3.47. The fourth-order valence-corrected chi connectivity index (χ4v) is 3.74. The second-order valence-electron chi connectivity index (χ2n) is 4.76. The molecule has 0 bridgehead atoms. The highest BCUT2D eigenvalue weighted by Crippen LogP contribution is 2.34. The monoisotopic (exact) mass is 264 g/mol. The second-order valence-corrected chi connectivity index (χ2v) is 5.89. The lowest BCUT2D eigenvalue weighted by molar-refractivity contribution is 0.479. The highest BCUT2D eigenvalue weighted by Gasteiger charge is 2.18. The molecule has 0 saturated carbocycles. The van der Waals surface area contributed by atoms with E-state index in [1.165, 1.54) is 16.9 Å². The van der Waals surface area contributed by atoms with Crippen molar-refractivity contribution in [3.05, 3.63) is 28.2 Å². The number of rotatable bonds is 2. The summed E-state index contributed by atoms with van der Waals surface area (Å²) in [5, 5.41) is 0. The largest absolute Gasteiger partial charge is 0.417 e. The summed E-state index contributed by atoms with van der Waals surface area (Å²) < 4.78 is 5.10. The highest BCUT2D eigenvalue weighted by molar-refractivity contribution is 7.99. The zero-order chi connectivity index (χ0) is 12.5. The molecule has 0 radical (unpaired) electrons. The molecule has 0 fully saturated rings. The predicted octanol–water partition coefficient (Wildman–Crippen LogP) is 2.12. The van der Waals surface area contributed by atoms with Crippen molar-refractivity contribution >= 4 is 22.9 Å². The zero-order valence-electron chi connectivity index (χ0n) is 10.1. The summed E-state index contributed by atoms with van der Waals surface area (Å²) in [6, 6.07) is 4.04. The van der Waals surface area contributed by atoms with Crippen LogP contribution in [0.25, 0.3) is 11.1 Å². The van der Waals surface area contributed by atoms with E-state index in [0.717, 1.165) is 30.7 Å². The van der Waals surface area contributed by atoms with Crippen LogP contribution in [0.1, 0.15) is 18.4 Å². The molecule has 5 heteroatoms. The first-order valence-corrected chi connectivity index (χ1v) is 7.23. The molecule has 3 rings (SSSR count). The van der Waals surface area contributed by atoms with Gasteiger partial charge in [-0.25, -0.2) is 4.79 Å². The van der Waals surface area contributed by atoms with Gasteiger partial charge in [-0.15, -0.1) is 11.8 Å². The van der Waals surface area contributed by atoms with Gasteiger partial charge in [0.25, 0.3) is 0 Å². The predicted molar refractivity (Wildman–Crippen MR) is 73.0 cm³/mol. The Kier molecular flexibility index (Phi) is 3.18. The molecular formula is C13H16N2O2S. The van der Waals surface area contributed by atoms with Crippen molar-refractivity contribution in [2.45, 2.75) is 24.2 Å². The number of aromatic amines is 1. The quantitative estimate of drug-likeness (QED) is 0.871. The lowest BCUT2D eigenvalue weighted by Gasteiger charge is -2.12. The van der Waals surface area contributed by atoms with Crippen LogP contribution in [0.3, 0.4) is 0 Å². The molecule has 1 aromatic carbocycles. The molecule has 0 aliphatic carbocycles. The van der Waals surface area contributed by atoms with Crippen LogP contribution in [0.15, 0.2) is 26.2 Å². The summed E-state index contributed by atoms with van der Waals surface area (Å²) in [7, 11) is 0. The van der Waals surface area contributed by atoms with Crippen LogP contribution in [-0.4, -0.2) is 17.3 Å². The Morgan fingerprint density at radius 3 is 3.22 bits per heavy atom. The van der Waals surface area contributed by atoms with Crippen LogP contribution in [0.2, 0.25) is 0 Å². The Morgan fingerprint density at radius 2 is 2.39 bits per heavy atom. The third kappa shape index (κ3) is 2.20. The summed E-state index contributed by atoms with van der Waals surface area (Å²) in [5.74, 6) is 1.38. The average Bonchev–Trinajstić information content (AvgIpc) is 2.56. The SMILES string of the molecule is NCCC1CCSc2cc3oc(=O)[nH]c3cc2C1. The lowest BCUT2D eigenvalue weighted by atomic mass is 9.94. The van der Waals surface area contributed by atoms with Gasteiger partial charge in [0.05, 0.1) is 5.52 Å². The van der Waals surface area contributed by atoms with E-state index in [0.29, 0.717) is 11.5 Å². The number of thioether (sulfide) groups is 1. The number of nitrogens with one attached hydrogen (secondary N) is 1. The number of H-pyrrole nitrogens is 1. The summed E-state index contributed by atoms with van der Waals surface area (Å²) >= 11 is 1.85. The molecule has 18 heavy (non-hydrogen) atoms. The van der Waals surface area contributed by atoms with Crippen molar-refractivity contribution in [2.24, 2.45) is 11.7 Å². The molecule has 1 aliphatic heterocycles. The van der Waals surface area contributed by atoms with Gasteiger partial charge in [-0.2, -0.15) is 0 Å². The summed E-state index contributed by atoms with van der Waals surface area (Å²) in [5.41, 5.74) is 8.42. The van der Waals surface area contributed by atoms with E-state index in [2.05, 4.69) is 11.1 Å². The Morgan fingerprint density at radius 1 is 1.50 bits per heavy atom. The standard InChI is InChI=1S/C13H16N2O2S/c14-3-1-8-2-4-18-12-7-11-10(6-9(12)5-8)15-13(16)17-11/h6-8H,1-5,14H2,(H,15,16). The number of hydrogen-bond acceptors (Lipinski definition) is 4. The first-order chi connectivity index (χ1) is 8.76. The Labute approximate surface area is 109 Å². The van der Waals surface area contributed by atoms with Gasteiger partial charge in [0, 0.05) is 4.90 Å². The summed E-state index contributed by atoms with van der Waals surface area (Å²) in [6.45, 7) is 0.745. The molecule has 4 nitrogen and oxygen atoms in total. The Bertz CT molecular complexity index is 617. The number of benzene rings is 1. The molecule has 2 heterocycles. The minimum Gasteiger partial charge on any atom is -0.408 e. The van der Waals surface area contributed by atoms with Crippen LogP contribution in [0.4, 0.5) is 0 Å². The van der Waals surface area contributed by atoms with Gasteiger partial charge in [-0.1, -0.05) is 0 Å². The van der Waals surface area contributed by atoms with E-state index in [-0.39, 0.29) is 5.76 Å². The normalized spacial score (nSPS) is 19.7. The van der Waals surface area contributed by atoms with Crippen molar-refractivity contribution in [3.63, 3.8) is 0 Å². The maximum atomic E-state index is 11.2. The Hall–Kier alpha value is -1.20. The number of oxazole rings is 1. The smallest absolute Gasteiger partial charge is 0.408 e. The van der Waals surface area contributed by atoms with Crippen LogP contribution < -0.4 is 11.5 Å². The second kappa shape index (κ2) is 4.82. The summed E-state index contributed by atoms with van der Waals surface area (Å²) in [6.07, 6.45) is 3.32. The van der Waals surface area contributed by atoms with E-state index in [1.54, 1.807) is 0 Å². The first-order valence-electron chi connectivity index (χ1n) is 6.25. The van der Waals surface area contributed by atoms with Gasteiger partial charge < -0.3 is 10.2 Å². The van der Waals surface area contributed by atoms with Crippen LogP contribution in [0.5, 0.6) is 0 Å². The molecule has 1 atom stereocenters. The summed E-state index contributed by atoms with van der Waals surface area (Å²) in [4.78, 5) is 15.2. The zero-order valence-corrected chi connectivity index (χ0v) is 10.9. The van der Waals surface area contributed by atoms with Gasteiger partial charge >= 0.3 is 5.76 Å². The molecule has 0 amide bonds. The van der Waals surface area contributed by atoms with Crippen molar-refractivity contribution in [1.82, 2.24) is 4.98 Å². The number of hydrogen-bond donors (Lipinski definition) is 2. The maximum absolute atomic E-state index is 11.2. The molecule has 1 aliphatic rings. The fraction of sp³-hybridized carbons (Fsp3) is 0.462. The van der Waals surface area contributed by atoms with Crippen LogP contribution in [-0.2, 0) is 6.42 Å². The third-order valence-corrected chi connectivity index (χ3v) is 4.60. The molecule has 1 unspecified atom stereocenters. The van der Waals surface area contributed by atoms with E-state index in [1.807, 2.05) is 17.8 Å². The topological polar surface area (TPSA) is 72.0 Å². The van der Waals surface area contributed by atoms with Gasteiger partial charge in [0.2, 0.25) is 0 Å². The highest BCUT2D eigenvalue weighted by atomic mass is 32.2. The van der Waals surface area contributed by atoms with E-state index >= 15 is 0 Å². The van der Waals surface area contributed by atoms with E-state index in [9.17, 15) is 4.79 Å². The number of nitrogens with two attached hydrogens (primary N) is 1. The number of aromatic nitrogens is 1. The lowest BCUT2D eigenvalue weighted by Crippen LogP contribution is -2.11. The van der Waals surface area contributed by atoms with Gasteiger partial charge in [-0.05, 0) is 55.2 Å². The van der Waals surface area contributed by atoms with Crippen LogP contribution in [0, 0.1) is 5.92 Å². The van der Waals surface area contributed by atoms with Crippen molar-refractivity contribution < 1.29 is 4.42 Å². The molecular weight excluding hydrogens is 248 g/mol. The average molecular weight is 264 g/mol. The minimum atomic E-state index is -0.381. The molecule has 1 aromatic heterocycles. The van der Waals surface area contributed by atoms with Gasteiger partial charge in [-0.3, -0.25) is 4.98 Å². The van der Waals surface area contributed by atoms with E-state index < -0.39 is 0 Å². The van der Waals surface area contributed by atoms with Gasteiger partial charge in [0.1, 0.15) is 0 Å². The molecule has 2 aromatic rings. The molecule has 3 N–H and O–H groups in total. The first kappa shape index (κ1) is 11.9. The number of fused-ring (bicyclic) bond motifs is 2. The minimum absolute atomic E-state index is 0.381. The maximum Gasteiger partial charge on any atom is 0.417 e. The van der Waals surface area contributed by atoms with Crippen molar-refractivity contribution in [2.75, 3.05) is 12.3 Å². The van der Waals surface area contributed by atoms with Crippen molar-refractivity contribution in [1.29, 1.82) is 0 Å². The molecule has 0 saturated heterocycles.